The number of amides is 4. The number of carbonyl (C=O) groups excluding carboxylic acids is 4. The summed E-state index contributed by atoms with van der Waals surface area (Å²) in [5.74, 6) is -3.96. The highest BCUT2D eigenvalue weighted by Gasteiger charge is 2.39. The van der Waals surface area contributed by atoms with Crippen LogP contribution in [0.2, 0.25) is 0 Å². The average Bonchev–Trinajstić information content (AvgIpc) is 3.86. The van der Waals surface area contributed by atoms with E-state index in [0.717, 1.165) is 22.5 Å². The lowest BCUT2D eigenvalue weighted by molar-refractivity contribution is -0.141. The third-order valence-corrected chi connectivity index (χ3v) is 10.5. The van der Waals surface area contributed by atoms with Gasteiger partial charge in [-0.05, 0) is 49.7 Å². The van der Waals surface area contributed by atoms with E-state index >= 15 is 0 Å². The first-order valence-corrected chi connectivity index (χ1v) is 19.3. The number of nitrogens with one attached hydrogen (secondary N) is 4. The molecule has 2 heterocycles. The number of hydrogen-bond donors (Lipinski definition) is 8. The van der Waals surface area contributed by atoms with Crippen LogP contribution in [0.3, 0.4) is 0 Å². The monoisotopic (exact) mass is 795 g/mol. The summed E-state index contributed by atoms with van der Waals surface area (Å²) >= 11 is 6.70. The Kier molecular flexibility index (Phi) is 15.8. The molecule has 4 amide bonds. The first-order chi connectivity index (χ1) is 26.2. The highest BCUT2D eigenvalue weighted by molar-refractivity contribution is 7.80. The molecule has 1 aromatic heterocycles. The minimum Gasteiger partial charge on any atom is -0.476 e. The van der Waals surface area contributed by atoms with Crippen LogP contribution in [-0.4, -0.2) is 109 Å². The zero-order valence-electron chi connectivity index (χ0n) is 30.9. The topological polar surface area (TPSA) is 236 Å². The number of thiocarbonyl (C=S) groups is 1. The minimum atomic E-state index is -1.42. The lowest BCUT2D eigenvalue weighted by atomic mass is 10.0. The number of likely N-dealkylation sites (tertiary alicyclic amines) is 1. The maximum absolute atomic E-state index is 13.6. The van der Waals surface area contributed by atoms with Gasteiger partial charge in [-0.2, -0.15) is 0 Å². The number of benzene rings is 2. The zero-order valence-corrected chi connectivity index (χ0v) is 32.5. The van der Waals surface area contributed by atoms with Crippen LogP contribution in [0.4, 0.5) is 0 Å². The van der Waals surface area contributed by atoms with Crippen LogP contribution >= 0.6 is 23.6 Å². The van der Waals surface area contributed by atoms with Crippen LogP contribution in [0.1, 0.15) is 66.3 Å². The molecule has 55 heavy (non-hydrogen) atoms. The van der Waals surface area contributed by atoms with Gasteiger partial charge in [-0.15, -0.1) is 11.3 Å². The molecule has 17 heteroatoms. The van der Waals surface area contributed by atoms with Crippen LogP contribution < -0.4 is 27.0 Å². The predicted molar refractivity (Wildman–Crippen MR) is 210 cm³/mol. The number of carboxylic acid groups (broad SMARTS) is 1. The Morgan fingerprint density at radius 1 is 0.909 bits per heavy atom. The second-order valence-corrected chi connectivity index (χ2v) is 15.1. The van der Waals surface area contributed by atoms with Crippen molar-refractivity contribution in [2.75, 3.05) is 13.2 Å². The van der Waals surface area contributed by atoms with Crippen molar-refractivity contribution in [2.24, 2.45) is 11.7 Å². The first kappa shape index (κ1) is 42.9. The molecule has 0 saturated carbocycles. The van der Waals surface area contributed by atoms with E-state index in [2.05, 4.69) is 26.3 Å². The van der Waals surface area contributed by atoms with Crippen molar-refractivity contribution in [3.05, 3.63) is 87.9 Å². The molecule has 0 spiro atoms. The molecule has 15 nitrogen and oxygen atoms in total. The molecule has 9 N–H and O–H groups in total. The van der Waals surface area contributed by atoms with E-state index in [4.69, 9.17) is 18.0 Å². The van der Waals surface area contributed by atoms with Crippen molar-refractivity contribution in [1.82, 2.24) is 31.2 Å². The molecule has 1 aliphatic heterocycles. The number of rotatable bonds is 18. The summed E-state index contributed by atoms with van der Waals surface area (Å²) in [6.45, 7) is 4.52. The number of carbonyl (C=O) groups is 5. The fraction of sp³-hybridized carbons (Fsp3) is 0.447. The Labute approximate surface area is 329 Å². The van der Waals surface area contributed by atoms with Gasteiger partial charge < -0.3 is 47.2 Å². The molecule has 0 aliphatic carbocycles. The molecule has 0 unspecified atom stereocenters. The lowest BCUT2D eigenvalue weighted by Gasteiger charge is -2.31. The maximum atomic E-state index is 13.6. The van der Waals surface area contributed by atoms with E-state index in [1.807, 2.05) is 60.7 Å². The molecular formula is C38H49N7O8S2. The minimum absolute atomic E-state index is 0.00945. The van der Waals surface area contributed by atoms with Crippen molar-refractivity contribution in [3.63, 3.8) is 0 Å². The van der Waals surface area contributed by atoms with Gasteiger partial charge in [-0.3, -0.25) is 19.2 Å². The SMILES string of the molecule is CC(C)[C@H](NC(=O)[C@@H](NC(=O)[C@@H]1CCCN1C(=O)[C@@H](N)Cc1ccccc1)[C@H](C)O)C(=S)N[C@@H](CO)C(=O)N[C@H](Cc1ccccc1)c1nc(C(=O)O)cs1. The maximum Gasteiger partial charge on any atom is 0.355 e. The van der Waals surface area contributed by atoms with Crippen molar-refractivity contribution >= 4 is 58.1 Å². The quantitative estimate of drug-likeness (QED) is 0.0846. The van der Waals surface area contributed by atoms with E-state index in [1.54, 1.807) is 13.8 Å². The van der Waals surface area contributed by atoms with Crippen molar-refractivity contribution in [2.45, 2.75) is 88.8 Å². The van der Waals surface area contributed by atoms with Crippen molar-refractivity contribution in [3.8, 4) is 0 Å². The zero-order chi connectivity index (χ0) is 40.2. The number of hydrogen-bond acceptors (Lipinski definition) is 11. The van der Waals surface area contributed by atoms with E-state index in [1.165, 1.54) is 17.2 Å². The summed E-state index contributed by atoms with van der Waals surface area (Å²) < 4.78 is 0. The molecule has 3 aromatic rings. The summed E-state index contributed by atoms with van der Waals surface area (Å²) in [5.41, 5.74) is 7.82. The van der Waals surface area contributed by atoms with Gasteiger partial charge >= 0.3 is 5.97 Å². The smallest absolute Gasteiger partial charge is 0.355 e. The molecular weight excluding hydrogens is 747 g/mol. The molecule has 0 radical (unpaired) electrons. The molecule has 0 bridgehead atoms. The Bertz CT molecular complexity index is 1790. The molecule has 4 rings (SSSR count). The molecule has 1 saturated heterocycles. The Balaban J connectivity index is 1.41. The fourth-order valence-electron chi connectivity index (χ4n) is 6.23. The second kappa shape index (κ2) is 20.2. The lowest BCUT2D eigenvalue weighted by Crippen LogP contribution is -2.61. The van der Waals surface area contributed by atoms with Gasteiger partial charge in [-0.1, -0.05) is 86.7 Å². The number of nitrogens with two attached hydrogens (primary N) is 1. The van der Waals surface area contributed by atoms with Gasteiger partial charge in [0, 0.05) is 11.9 Å². The molecule has 1 fully saturated rings. The highest BCUT2D eigenvalue weighted by Crippen LogP contribution is 2.23. The Morgan fingerprint density at radius 3 is 2.07 bits per heavy atom. The number of aliphatic hydroxyl groups excluding tert-OH is 2. The van der Waals surface area contributed by atoms with Crippen LogP contribution in [0, 0.1) is 5.92 Å². The predicted octanol–water partition coefficient (Wildman–Crippen LogP) is 1.09. The second-order valence-electron chi connectivity index (χ2n) is 13.8. The number of aromatic nitrogens is 1. The van der Waals surface area contributed by atoms with E-state index < -0.39 is 72.7 Å². The fourth-order valence-corrected chi connectivity index (χ4v) is 7.54. The largest absolute Gasteiger partial charge is 0.476 e. The first-order valence-electron chi connectivity index (χ1n) is 18.0. The van der Waals surface area contributed by atoms with Crippen molar-refractivity contribution in [1.29, 1.82) is 0 Å². The van der Waals surface area contributed by atoms with E-state index in [0.29, 0.717) is 30.8 Å². The number of aromatic carboxylic acids is 1. The van der Waals surface area contributed by atoms with E-state index in [9.17, 15) is 39.3 Å². The number of thiazole rings is 1. The number of aliphatic hydroxyl groups is 2. The van der Waals surface area contributed by atoms with Crippen LogP contribution in [0.25, 0.3) is 0 Å². The standard InChI is InChI=1S/C38H49N7O8S2/c1-21(2)30(35(54)41-27(19-46)32(48)40-26(18-24-13-8-5-9-14-24)36-42-28(20-55-36)38(52)53)43-34(50)31(22(3)47)44-33(49)29-15-10-16-45(29)37(51)25(39)17-23-11-6-4-7-12-23/h4-9,11-14,20-22,25-27,29-31,46-47H,10,15-19,39H2,1-3H3,(H,40,48)(H,41,54)(H,43,50)(H,44,49)(H,52,53)/t22-,25-,26+,27-,29-,30-,31-/m0/s1. The van der Waals surface area contributed by atoms with Crippen LogP contribution in [0.15, 0.2) is 66.0 Å². The van der Waals surface area contributed by atoms with Gasteiger partial charge in [0.2, 0.25) is 23.6 Å². The van der Waals surface area contributed by atoms with Gasteiger partial charge in [0.25, 0.3) is 0 Å². The van der Waals surface area contributed by atoms with Crippen LogP contribution in [-0.2, 0) is 32.0 Å². The molecule has 2 aromatic carbocycles. The van der Waals surface area contributed by atoms with Crippen molar-refractivity contribution < 1.29 is 39.3 Å². The molecule has 296 valence electrons. The average molecular weight is 796 g/mol. The van der Waals surface area contributed by atoms with Gasteiger partial charge in [-0.25, -0.2) is 9.78 Å². The number of carboxylic acids is 1. The summed E-state index contributed by atoms with van der Waals surface area (Å²) in [6, 6.07) is 12.4. The summed E-state index contributed by atoms with van der Waals surface area (Å²) in [5, 5.41) is 43.0. The summed E-state index contributed by atoms with van der Waals surface area (Å²) in [4.78, 5) is 71.2. The number of nitrogens with zero attached hydrogens (tertiary/aromatic N) is 2. The molecule has 1 aliphatic rings. The van der Waals surface area contributed by atoms with E-state index in [-0.39, 0.29) is 28.9 Å². The van der Waals surface area contributed by atoms with Gasteiger partial charge in [0.15, 0.2) is 5.69 Å². The Morgan fingerprint density at radius 2 is 1.53 bits per heavy atom. The summed E-state index contributed by atoms with van der Waals surface area (Å²) in [7, 11) is 0. The third-order valence-electron chi connectivity index (χ3n) is 9.22. The van der Waals surface area contributed by atoms with Crippen LogP contribution in [0.5, 0.6) is 0 Å². The Hall–Kier alpha value is -4.81. The molecule has 7 atom stereocenters. The van der Waals surface area contributed by atoms with Gasteiger partial charge in [0.1, 0.15) is 23.1 Å². The summed E-state index contributed by atoms with van der Waals surface area (Å²) in [6.07, 6.45) is 0.149. The van der Waals surface area contributed by atoms with Gasteiger partial charge in [0.05, 0.1) is 35.8 Å². The third kappa shape index (κ3) is 11.8. The highest BCUT2D eigenvalue weighted by atomic mass is 32.1. The normalized spacial score (nSPS) is 17.3.